The quantitative estimate of drug-likeness (QED) is 0.415. The van der Waals surface area contributed by atoms with Crippen LogP contribution >= 0.6 is 11.8 Å². The average molecular weight is 399 g/mol. The minimum atomic E-state index is -0.704. The van der Waals surface area contributed by atoms with Crippen LogP contribution in [-0.4, -0.2) is 30.7 Å². The number of aryl methyl sites for hydroxylation is 1. The summed E-state index contributed by atoms with van der Waals surface area (Å²) in [5.41, 5.74) is 1.17. The van der Waals surface area contributed by atoms with Crippen molar-refractivity contribution >= 4 is 39.9 Å². The molecule has 2 aromatic carbocycles. The van der Waals surface area contributed by atoms with Crippen molar-refractivity contribution in [2.75, 3.05) is 5.32 Å². The normalized spacial score (nSPS) is 12.4. The SMILES string of the molecule is Cc1nc2c3ccccc3nc(SC(C)C(=O)Nc3cc(F)ccc3F)n2n1. The molecule has 2 heterocycles. The fourth-order valence-corrected chi connectivity index (χ4v) is 3.61. The molecule has 0 saturated carbocycles. The van der Waals surface area contributed by atoms with Crippen molar-refractivity contribution in [3.8, 4) is 0 Å². The van der Waals surface area contributed by atoms with Crippen LogP contribution in [0, 0.1) is 18.6 Å². The number of hydrogen-bond donors (Lipinski definition) is 1. The van der Waals surface area contributed by atoms with E-state index < -0.39 is 22.8 Å². The molecule has 142 valence electrons. The molecule has 0 fully saturated rings. The van der Waals surface area contributed by atoms with Crippen LogP contribution in [0.15, 0.2) is 47.6 Å². The molecule has 0 radical (unpaired) electrons. The number of thioether (sulfide) groups is 1. The molecule has 0 aliphatic carbocycles. The number of halogens is 2. The summed E-state index contributed by atoms with van der Waals surface area (Å²) < 4.78 is 28.7. The Labute approximate surface area is 163 Å². The maximum atomic E-state index is 13.8. The van der Waals surface area contributed by atoms with Crippen LogP contribution in [0.25, 0.3) is 16.6 Å². The van der Waals surface area contributed by atoms with Gasteiger partial charge in [-0.25, -0.2) is 18.7 Å². The Morgan fingerprint density at radius 3 is 2.79 bits per heavy atom. The van der Waals surface area contributed by atoms with Crippen molar-refractivity contribution in [2.24, 2.45) is 0 Å². The minimum absolute atomic E-state index is 0.203. The van der Waals surface area contributed by atoms with Crippen molar-refractivity contribution < 1.29 is 13.6 Å². The Hall–Kier alpha value is -3.07. The van der Waals surface area contributed by atoms with E-state index in [0.717, 1.165) is 40.9 Å². The summed E-state index contributed by atoms with van der Waals surface area (Å²) in [5, 5.41) is 7.48. The molecule has 4 aromatic rings. The van der Waals surface area contributed by atoms with Crippen LogP contribution in [0.2, 0.25) is 0 Å². The highest BCUT2D eigenvalue weighted by Gasteiger charge is 2.20. The third-order valence-electron chi connectivity index (χ3n) is 4.09. The molecule has 6 nitrogen and oxygen atoms in total. The van der Waals surface area contributed by atoms with E-state index in [4.69, 9.17) is 0 Å². The number of amides is 1. The first-order valence-corrected chi connectivity index (χ1v) is 9.35. The molecule has 1 atom stereocenters. The standard InChI is InChI=1S/C19H15F2N5OS/c1-10(18(27)23-16-9-12(20)7-8-14(16)21)28-19-24-15-6-4-3-5-13(15)17-22-11(2)25-26(17)19/h3-10H,1-2H3,(H,23,27). The summed E-state index contributed by atoms with van der Waals surface area (Å²) in [6.45, 7) is 3.43. The van der Waals surface area contributed by atoms with Crippen molar-refractivity contribution in [1.82, 2.24) is 19.6 Å². The van der Waals surface area contributed by atoms with Gasteiger partial charge in [-0.1, -0.05) is 23.9 Å². The zero-order valence-electron chi connectivity index (χ0n) is 15.0. The Kier molecular flexibility index (Phi) is 4.68. The molecule has 1 unspecified atom stereocenters. The van der Waals surface area contributed by atoms with Gasteiger partial charge in [-0.2, -0.15) is 4.52 Å². The van der Waals surface area contributed by atoms with Gasteiger partial charge >= 0.3 is 0 Å². The minimum Gasteiger partial charge on any atom is -0.323 e. The first-order valence-electron chi connectivity index (χ1n) is 8.47. The van der Waals surface area contributed by atoms with Crippen molar-refractivity contribution in [3.05, 3.63) is 59.9 Å². The lowest BCUT2D eigenvalue weighted by Gasteiger charge is -2.13. The van der Waals surface area contributed by atoms with Gasteiger partial charge in [0.2, 0.25) is 5.91 Å². The Bertz CT molecular complexity index is 1210. The van der Waals surface area contributed by atoms with Crippen LogP contribution in [0.1, 0.15) is 12.7 Å². The van der Waals surface area contributed by atoms with E-state index >= 15 is 0 Å². The van der Waals surface area contributed by atoms with E-state index in [1.54, 1.807) is 18.4 Å². The van der Waals surface area contributed by atoms with Gasteiger partial charge < -0.3 is 5.32 Å². The zero-order valence-corrected chi connectivity index (χ0v) is 15.8. The fourth-order valence-electron chi connectivity index (χ4n) is 2.75. The summed E-state index contributed by atoms with van der Waals surface area (Å²) in [5.74, 6) is -1.23. The highest BCUT2D eigenvalue weighted by molar-refractivity contribution is 8.00. The van der Waals surface area contributed by atoms with E-state index in [9.17, 15) is 13.6 Å². The summed E-state index contributed by atoms with van der Waals surface area (Å²) in [7, 11) is 0. The lowest BCUT2D eigenvalue weighted by Crippen LogP contribution is -2.23. The van der Waals surface area contributed by atoms with Crippen LogP contribution < -0.4 is 5.32 Å². The summed E-state index contributed by atoms with van der Waals surface area (Å²) in [6, 6.07) is 10.4. The number of fused-ring (bicyclic) bond motifs is 3. The molecule has 0 spiro atoms. The van der Waals surface area contributed by atoms with Gasteiger partial charge in [0.25, 0.3) is 0 Å². The largest absolute Gasteiger partial charge is 0.323 e. The topological polar surface area (TPSA) is 72.2 Å². The van der Waals surface area contributed by atoms with Crippen molar-refractivity contribution in [3.63, 3.8) is 0 Å². The lowest BCUT2D eigenvalue weighted by molar-refractivity contribution is -0.115. The Balaban J connectivity index is 1.65. The summed E-state index contributed by atoms with van der Waals surface area (Å²) in [6.07, 6.45) is 0. The number of nitrogens with one attached hydrogen (secondary N) is 1. The highest BCUT2D eigenvalue weighted by Crippen LogP contribution is 2.27. The number of hydrogen-bond acceptors (Lipinski definition) is 5. The van der Waals surface area contributed by atoms with Crippen LogP contribution in [-0.2, 0) is 4.79 Å². The second kappa shape index (κ2) is 7.16. The molecular formula is C19H15F2N5OS. The van der Waals surface area contributed by atoms with Gasteiger partial charge in [0.05, 0.1) is 16.5 Å². The second-order valence-corrected chi connectivity index (χ2v) is 7.49. The monoisotopic (exact) mass is 399 g/mol. The summed E-state index contributed by atoms with van der Waals surface area (Å²) in [4.78, 5) is 21.5. The second-order valence-electron chi connectivity index (χ2n) is 6.18. The van der Waals surface area contributed by atoms with Crippen LogP contribution in [0.4, 0.5) is 14.5 Å². The number of benzene rings is 2. The molecular weight excluding hydrogens is 384 g/mol. The molecule has 28 heavy (non-hydrogen) atoms. The molecule has 1 N–H and O–H groups in total. The Morgan fingerprint density at radius 1 is 1.18 bits per heavy atom. The van der Waals surface area contributed by atoms with Gasteiger partial charge in [0.1, 0.15) is 17.5 Å². The van der Waals surface area contributed by atoms with Crippen molar-refractivity contribution in [1.29, 1.82) is 0 Å². The number of nitrogens with zero attached hydrogens (tertiary/aromatic N) is 4. The van der Waals surface area contributed by atoms with E-state index in [1.165, 1.54) is 0 Å². The van der Waals surface area contributed by atoms with Crippen molar-refractivity contribution in [2.45, 2.75) is 24.3 Å². The lowest BCUT2D eigenvalue weighted by atomic mass is 10.2. The van der Waals surface area contributed by atoms with Gasteiger partial charge in [0, 0.05) is 11.5 Å². The predicted molar refractivity (Wildman–Crippen MR) is 103 cm³/mol. The average Bonchev–Trinajstić information content (AvgIpc) is 3.07. The number of carbonyl (C=O) groups is 1. The zero-order chi connectivity index (χ0) is 19.8. The maximum Gasteiger partial charge on any atom is 0.237 e. The molecule has 4 rings (SSSR count). The number of aromatic nitrogens is 4. The molecule has 2 aromatic heterocycles. The smallest absolute Gasteiger partial charge is 0.237 e. The first-order chi connectivity index (χ1) is 13.4. The molecule has 9 heteroatoms. The summed E-state index contributed by atoms with van der Waals surface area (Å²) >= 11 is 1.16. The third kappa shape index (κ3) is 3.40. The predicted octanol–water partition coefficient (Wildman–Crippen LogP) is 3.98. The van der Waals surface area contributed by atoms with E-state index in [2.05, 4.69) is 20.4 Å². The molecule has 0 bridgehead atoms. The third-order valence-corrected chi connectivity index (χ3v) is 5.14. The fraction of sp³-hybridized carbons (Fsp3) is 0.158. The number of para-hydroxylation sites is 1. The number of carbonyl (C=O) groups excluding carboxylic acids is 1. The van der Waals surface area contributed by atoms with Gasteiger partial charge in [0.15, 0.2) is 10.8 Å². The number of rotatable bonds is 4. The Morgan fingerprint density at radius 2 is 1.96 bits per heavy atom. The van der Waals surface area contributed by atoms with Gasteiger partial charge in [-0.3, -0.25) is 4.79 Å². The van der Waals surface area contributed by atoms with Gasteiger partial charge in [-0.15, -0.1) is 5.10 Å². The van der Waals surface area contributed by atoms with Crippen LogP contribution in [0.5, 0.6) is 0 Å². The first kappa shape index (κ1) is 18.3. The molecule has 0 aliphatic heterocycles. The molecule has 0 aliphatic rings. The van der Waals surface area contributed by atoms with Gasteiger partial charge in [-0.05, 0) is 38.1 Å². The van der Waals surface area contributed by atoms with E-state index in [0.29, 0.717) is 16.6 Å². The maximum absolute atomic E-state index is 13.8. The van der Waals surface area contributed by atoms with E-state index in [1.807, 2.05) is 24.3 Å². The highest BCUT2D eigenvalue weighted by atomic mass is 32.2. The van der Waals surface area contributed by atoms with Crippen LogP contribution in [0.3, 0.4) is 0 Å². The molecule has 1 amide bonds. The van der Waals surface area contributed by atoms with E-state index in [-0.39, 0.29) is 5.69 Å². The number of anilines is 1. The molecule has 0 saturated heterocycles.